The fraction of sp³-hybridized carbons (Fsp3) is 0.529. The van der Waals surface area contributed by atoms with Crippen molar-refractivity contribution in [1.29, 1.82) is 0 Å². The van der Waals surface area contributed by atoms with Crippen molar-refractivity contribution < 1.29 is 9.47 Å². The van der Waals surface area contributed by atoms with E-state index in [2.05, 4.69) is 44.3 Å². The Labute approximate surface area is 122 Å². The van der Waals surface area contributed by atoms with Gasteiger partial charge in [0.1, 0.15) is 0 Å². The average Bonchev–Trinajstić information content (AvgIpc) is 2.67. The first-order valence-corrected chi connectivity index (χ1v) is 7.47. The molecule has 2 rings (SSSR count). The maximum atomic E-state index is 5.73. The number of allylic oxidation sites excluding steroid dienone is 1. The van der Waals surface area contributed by atoms with Crippen molar-refractivity contribution in [2.45, 2.75) is 39.7 Å². The van der Waals surface area contributed by atoms with Crippen molar-refractivity contribution in [2.75, 3.05) is 19.8 Å². The third-order valence-corrected chi connectivity index (χ3v) is 3.35. The summed E-state index contributed by atoms with van der Waals surface area (Å²) in [6.07, 6.45) is 4.26. The van der Waals surface area contributed by atoms with Crippen LogP contribution in [0.5, 0.6) is 11.5 Å². The SMILES string of the molecule is CC(=CCCNC(C)C)c1ccc2c(c1)OCCCO2. The van der Waals surface area contributed by atoms with Crippen molar-refractivity contribution in [1.82, 2.24) is 5.32 Å². The van der Waals surface area contributed by atoms with Gasteiger partial charge >= 0.3 is 0 Å². The molecule has 0 aromatic heterocycles. The topological polar surface area (TPSA) is 30.5 Å². The molecule has 0 bridgehead atoms. The van der Waals surface area contributed by atoms with Crippen LogP contribution in [0, 0.1) is 0 Å². The van der Waals surface area contributed by atoms with Gasteiger partial charge in [-0.05, 0) is 43.2 Å². The predicted octanol–water partition coefficient (Wildman–Crippen LogP) is 3.64. The lowest BCUT2D eigenvalue weighted by atomic mass is 10.1. The minimum absolute atomic E-state index is 0.543. The van der Waals surface area contributed by atoms with Gasteiger partial charge in [0.15, 0.2) is 11.5 Å². The second-order valence-electron chi connectivity index (χ2n) is 5.50. The molecule has 20 heavy (non-hydrogen) atoms. The number of ether oxygens (including phenoxy) is 2. The van der Waals surface area contributed by atoms with E-state index in [4.69, 9.17) is 9.47 Å². The van der Waals surface area contributed by atoms with Crippen molar-refractivity contribution in [2.24, 2.45) is 0 Å². The molecule has 3 heteroatoms. The lowest BCUT2D eigenvalue weighted by Gasteiger charge is -2.10. The van der Waals surface area contributed by atoms with Crippen LogP contribution in [0.2, 0.25) is 0 Å². The summed E-state index contributed by atoms with van der Waals surface area (Å²) in [5.74, 6) is 1.73. The summed E-state index contributed by atoms with van der Waals surface area (Å²) < 4.78 is 11.4. The van der Waals surface area contributed by atoms with Gasteiger partial charge in [-0.15, -0.1) is 0 Å². The zero-order valence-electron chi connectivity index (χ0n) is 12.7. The highest BCUT2D eigenvalue weighted by Crippen LogP contribution is 2.32. The molecule has 0 unspecified atom stereocenters. The van der Waals surface area contributed by atoms with Gasteiger partial charge < -0.3 is 14.8 Å². The highest BCUT2D eigenvalue weighted by molar-refractivity contribution is 5.66. The Kier molecular flexibility index (Phi) is 5.48. The van der Waals surface area contributed by atoms with Crippen LogP contribution in [0.25, 0.3) is 5.57 Å². The summed E-state index contributed by atoms with van der Waals surface area (Å²) >= 11 is 0. The molecule has 3 nitrogen and oxygen atoms in total. The molecule has 1 aliphatic heterocycles. The predicted molar refractivity (Wildman–Crippen MR) is 83.5 cm³/mol. The van der Waals surface area contributed by atoms with Gasteiger partial charge in [0.05, 0.1) is 13.2 Å². The Balaban J connectivity index is 2.01. The summed E-state index contributed by atoms with van der Waals surface area (Å²) in [7, 11) is 0. The number of fused-ring (bicyclic) bond motifs is 1. The van der Waals surface area contributed by atoms with E-state index in [1.165, 1.54) is 11.1 Å². The van der Waals surface area contributed by atoms with E-state index in [0.717, 1.165) is 44.1 Å². The standard InChI is InChI=1S/C17H25NO2/c1-13(2)18-9-4-6-14(3)15-7-8-16-17(12-15)20-11-5-10-19-16/h6-8,12-13,18H,4-5,9-11H2,1-3H3. The van der Waals surface area contributed by atoms with E-state index < -0.39 is 0 Å². The minimum atomic E-state index is 0.543. The molecule has 1 aliphatic rings. The van der Waals surface area contributed by atoms with Gasteiger partial charge in [-0.25, -0.2) is 0 Å². The lowest BCUT2D eigenvalue weighted by Crippen LogP contribution is -2.23. The fourth-order valence-corrected chi connectivity index (χ4v) is 2.19. The van der Waals surface area contributed by atoms with Gasteiger partial charge in [-0.2, -0.15) is 0 Å². The molecule has 0 saturated carbocycles. The summed E-state index contributed by atoms with van der Waals surface area (Å²) in [6.45, 7) is 8.97. The molecule has 0 atom stereocenters. The largest absolute Gasteiger partial charge is 0.490 e. The summed E-state index contributed by atoms with van der Waals surface area (Å²) in [6, 6.07) is 6.75. The van der Waals surface area contributed by atoms with Crippen LogP contribution >= 0.6 is 0 Å². The van der Waals surface area contributed by atoms with E-state index in [-0.39, 0.29) is 0 Å². The van der Waals surface area contributed by atoms with Crippen LogP contribution in [0.3, 0.4) is 0 Å². The van der Waals surface area contributed by atoms with Crippen LogP contribution in [-0.4, -0.2) is 25.8 Å². The van der Waals surface area contributed by atoms with E-state index in [9.17, 15) is 0 Å². The summed E-state index contributed by atoms with van der Waals surface area (Å²) in [5, 5.41) is 3.42. The lowest BCUT2D eigenvalue weighted by molar-refractivity contribution is 0.297. The van der Waals surface area contributed by atoms with Crippen LogP contribution in [0.15, 0.2) is 24.3 Å². The highest BCUT2D eigenvalue weighted by Gasteiger charge is 2.10. The molecule has 0 fully saturated rings. The smallest absolute Gasteiger partial charge is 0.161 e. The Morgan fingerprint density at radius 2 is 2.00 bits per heavy atom. The molecule has 1 aromatic carbocycles. The molecule has 0 spiro atoms. The van der Waals surface area contributed by atoms with E-state index >= 15 is 0 Å². The van der Waals surface area contributed by atoms with Crippen molar-refractivity contribution in [3.05, 3.63) is 29.8 Å². The van der Waals surface area contributed by atoms with Crippen LogP contribution < -0.4 is 14.8 Å². The second kappa shape index (κ2) is 7.34. The molecular formula is C17H25NO2. The molecule has 0 saturated heterocycles. The molecular weight excluding hydrogens is 250 g/mol. The van der Waals surface area contributed by atoms with Crippen LogP contribution in [0.1, 0.15) is 39.2 Å². The third kappa shape index (κ3) is 4.27. The first-order valence-electron chi connectivity index (χ1n) is 7.47. The Hall–Kier alpha value is -1.48. The molecule has 1 N–H and O–H groups in total. The van der Waals surface area contributed by atoms with E-state index in [1.54, 1.807) is 0 Å². The molecule has 0 radical (unpaired) electrons. The zero-order chi connectivity index (χ0) is 14.4. The first kappa shape index (κ1) is 14.9. The zero-order valence-corrected chi connectivity index (χ0v) is 12.7. The molecule has 1 heterocycles. The van der Waals surface area contributed by atoms with E-state index in [1.807, 2.05) is 6.07 Å². The number of hydrogen-bond donors (Lipinski definition) is 1. The van der Waals surface area contributed by atoms with Crippen molar-refractivity contribution in [3.8, 4) is 11.5 Å². The summed E-state index contributed by atoms with van der Waals surface area (Å²) in [4.78, 5) is 0. The van der Waals surface area contributed by atoms with Gasteiger partial charge in [-0.1, -0.05) is 26.0 Å². The number of hydrogen-bond acceptors (Lipinski definition) is 3. The quantitative estimate of drug-likeness (QED) is 0.832. The van der Waals surface area contributed by atoms with Crippen molar-refractivity contribution >= 4 is 5.57 Å². The van der Waals surface area contributed by atoms with Gasteiger partial charge in [0, 0.05) is 12.5 Å². The maximum absolute atomic E-state index is 5.73. The number of nitrogens with one attached hydrogen (secondary N) is 1. The Morgan fingerprint density at radius 3 is 2.75 bits per heavy atom. The number of rotatable bonds is 5. The summed E-state index contributed by atoms with van der Waals surface area (Å²) in [5.41, 5.74) is 2.49. The fourth-order valence-electron chi connectivity index (χ4n) is 2.19. The monoisotopic (exact) mass is 275 g/mol. The molecule has 1 aromatic rings. The average molecular weight is 275 g/mol. The van der Waals surface area contributed by atoms with Gasteiger partial charge in [0.2, 0.25) is 0 Å². The highest BCUT2D eigenvalue weighted by atomic mass is 16.5. The van der Waals surface area contributed by atoms with Gasteiger partial charge in [-0.3, -0.25) is 0 Å². The minimum Gasteiger partial charge on any atom is -0.490 e. The normalized spacial score (nSPS) is 15.3. The van der Waals surface area contributed by atoms with Crippen LogP contribution in [0.4, 0.5) is 0 Å². The first-order chi connectivity index (χ1) is 9.66. The molecule has 0 aliphatic carbocycles. The molecule has 0 amide bonds. The van der Waals surface area contributed by atoms with Crippen molar-refractivity contribution in [3.63, 3.8) is 0 Å². The maximum Gasteiger partial charge on any atom is 0.161 e. The Bertz CT molecular complexity index is 466. The third-order valence-electron chi connectivity index (χ3n) is 3.35. The number of benzene rings is 1. The Morgan fingerprint density at radius 1 is 1.25 bits per heavy atom. The van der Waals surface area contributed by atoms with Crippen LogP contribution in [-0.2, 0) is 0 Å². The second-order valence-corrected chi connectivity index (χ2v) is 5.50. The van der Waals surface area contributed by atoms with Gasteiger partial charge in [0.25, 0.3) is 0 Å². The van der Waals surface area contributed by atoms with E-state index in [0.29, 0.717) is 6.04 Å². The molecule has 110 valence electrons.